The fraction of sp³-hybridized carbons (Fsp3) is 0.133. The van der Waals surface area contributed by atoms with Gasteiger partial charge in [0, 0.05) is 12.1 Å². The number of fused-ring (bicyclic) bond motifs is 1. The Morgan fingerprint density at radius 3 is 2.80 bits per heavy atom. The number of benzene rings is 2. The van der Waals surface area contributed by atoms with Crippen molar-refractivity contribution in [3.05, 3.63) is 47.2 Å². The molecule has 0 aliphatic rings. The van der Waals surface area contributed by atoms with Gasteiger partial charge in [0.05, 0.1) is 16.1 Å². The molecular formula is C15H12ClFN2O. The summed E-state index contributed by atoms with van der Waals surface area (Å²) >= 11 is 6.18. The number of phenolic OH excluding ortho intramolecular Hbond substituents is 1. The third-order valence-electron chi connectivity index (χ3n) is 3.22. The fourth-order valence-corrected chi connectivity index (χ4v) is 2.51. The van der Waals surface area contributed by atoms with Gasteiger partial charge in [-0.25, -0.2) is 9.37 Å². The maximum absolute atomic E-state index is 13.4. The highest BCUT2D eigenvalue weighted by Crippen LogP contribution is 2.32. The van der Waals surface area contributed by atoms with E-state index < -0.39 is 0 Å². The van der Waals surface area contributed by atoms with E-state index in [0.717, 1.165) is 0 Å². The number of imidazole rings is 1. The van der Waals surface area contributed by atoms with Crippen molar-refractivity contribution in [1.29, 1.82) is 0 Å². The maximum Gasteiger partial charge on any atom is 0.142 e. The zero-order valence-electron chi connectivity index (χ0n) is 10.8. The number of aromatic nitrogens is 2. The lowest BCUT2D eigenvalue weighted by Crippen LogP contribution is -1.98. The van der Waals surface area contributed by atoms with E-state index in [4.69, 9.17) is 11.6 Å². The van der Waals surface area contributed by atoms with Gasteiger partial charge in [-0.1, -0.05) is 11.6 Å². The van der Waals surface area contributed by atoms with Crippen molar-refractivity contribution in [1.82, 2.24) is 9.55 Å². The third kappa shape index (κ3) is 2.02. The van der Waals surface area contributed by atoms with E-state index in [1.54, 1.807) is 18.2 Å². The molecule has 0 aliphatic carbocycles. The van der Waals surface area contributed by atoms with Crippen molar-refractivity contribution in [2.45, 2.75) is 13.5 Å². The van der Waals surface area contributed by atoms with Crippen molar-refractivity contribution in [2.24, 2.45) is 0 Å². The topological polar surface area (TPSA) is 38.0 Å². The van der Waals surface area contributed by atoms with Gasteiger partial charge in [-0.15, -0.1) is 0 Å². The highest BCUT2D eigenvalue weighted by Gasteiger charge is 2.15. The number of rotatable bonds is 2. The van der Waals surface area contributed by atoms with Crippen LogP contribution in [0.4, 0.5) is 4.39 Å². The van der Waals surface area contributed by atoms with Crippen molar-refractivity contribution < 1.29 is 9.50 Å². The van der Waals surface area contributed by atoms with Crippen LogP contribution >= 0.6 is 11.6 Å². The fourth-order valence-electron chi connectivity index (χ4n) is 2.31. The van der Waals surface area contributed by atoms with E-state index in [2.05, 4.69) is 4.98 Å². The second-order valence-corrected chi connectivity index (χ2v) is 4.88. The first-order chi connectivity index (χ1) is 9.60. The molecule has 3 rings (SSSR count). The van der Waals surface area contributed by atoms with Gasteiger partial charge in [-0.05, 0) is 43.3 Å². The number of nitrogens with zero attached hydrogens (tertiary/aromatic N) is 2. The van der Waals surface area contributed by atoms with Gasteiger partial charge in [0.25, 0.3) is 0 Å². The summed E-state index contributed by atoms with van der Waals surface area (Å²) in [6.07, 6.45) is 0. The first-order valence-electron chi connectivity index (χ1n) is 6.25. The van der Waals surface area contributed by atoms with E-state index in [0.29, 0.717) is 34.0 Å². The molecule has 0 fully saturated rings. The molecule has 0 radical (unpaired) electrons. The smallest absolute Gasteiger partial charge is 0.142 e. The van der Waals surface area contributed by atoms with Gasteiger partial charge in [-0.2, -0.15) is 0 Å². The van der Waals surface area contributed by atoms with Gasteiger partial charge in [0.1, 0.15) is 17.4 Å². The Morgan fingerprint density at radius 2 is 2.05 bits per heavy atom. The molecule has 2 aromatic carbocycles. The molecule has 1 N–H and O–H groups in total. The molecule has 3 aromatic rings. The zero-order chi connectivity index (χ0) is 14.3. The highest BCUT2D eigenvalue weighted by molar-refractivity contribution is 6.33. The molecule has 0 atom stereocenters. The van der Waals surface area contributed by atoms with Crippen molar-refractivity contribution in [2.75, 3.05) is 0 Å². The van der Waals surface area contributed by atoms with E-state index >= 15 is 0 Å². The quantitative estimate of drug-likeness (QED) is 0.767. The van der Waals surface area contributed by atoms with Crippen LogP contribution in [0.15, 0.2) is 36.4 Å². The number of hydrogen-bond acceptors (Lipinski definition) is 2. The number of aromatic hydroxyl groups is 1. The van der Waals surface area contributed by atoms with Gasteiger partial charge < -0.3 is 9.67 Å². The van der Waals surface area contributed by atoms with Crippen LogP contribution in [0, 0.1) is 5.82 Å². The second kappa shape index (κ2) is 4.80. The van der Waals surface area contributed by atoms with Crippen LogP contribution in [-0.2, 0) is 6.54 Å². The first kappa shape index (κ1) is 12.9. The van der Waals surface area contributed by atoms with Crippen molar-refractivity contribution >= 4 is 22.6 Å². The van der Waals surface area contributed by atoms with Crippen LogP contribution in [0.1, 0.15) is 6.92 Å². The SMILES string of the molecule is CCn1c(-c2cc(O)ccc2Cl)nc2ccc(F)cc21. The van der Waals surface area contributed by atoms with E-state index in [1.165, 1.54) is 18.2 Å². The summed E-state index contributed by atoms with van der Waals surface area (Å²) in [5.74, 6) is 0.431. The van der Waals surface area contributed by atoms with Crippen LogP contribution in [0.3, 0.4) is 0 Å². The second-order valence-electron chi connectivity index (χ2n) is 4.48. The van der Waals surface area contributed by atoms with Crippen molar-refractivity contribution in [3.63, 3.8) is 0 Å². The van der Waals surface area contributed by atoms with E-state index in [1.807, 2.05) is 11.5 Å². The molecule has 1 heterocycles. The monoisotopic (exact) mass is 290 g/mol. The minimum atomic E-state index is -0.305. The van der Waals surface area contributed by atoms with Gasteiger partial charge in [-0.3, -0.25) is 0 Å². The molecule has 0 saturated heterocycles. The molecule has 20 heavy (non-hydrogen) atoms. The minimum Gasteiger partial charge on any atom is -0.508 e. The zero-order valence-corrected chi connectivity index (χ0v) is 11.5. The van der Waals surface area contributed by atoms with Crippen LogP contribution in [0.5, 0.6) is 5.75 Å². The Labute approximate surface area is 120 Å². The average Bonchev–Trinajstić information content (AvgIpc) is 2.79. The van der Waals surface area contributed by atoms with Crippen LogP contribution in [0.25, 0.3) is 22.4 Å². The number of phenols is 1. The number of halogens is 2. The average molecular weight is 291 g/mol. The Bertz CT molecular complexity index is 798. The summed E-state index contributed by atoms with van der Waals surface area (Å²) in [4.78, 5) is 4.50. The predicted octanol–water partition coefficient (Wildman–Crippen LogP) is 4.22. The van der Waals surface area contributed by atoms with Crippen molar-refractivity contribution in [3.8, 4) is 17.1 Å². The van der Waals surface area contributed by atoms with Gasteiger partial charge in [0.15, 0.2) is 0 Å². The van der Waals surface area contributed by atoms with Crippen LogP contribution in [0.2, 0.25) is 5.02 Å². The molecule has 5 heteroatoms. The molecule has 0 spiro atoms. The summed E-state index contributed by atoms with van der Waals surface area (Å²) in [7, 11) is 0. The molecule has 1 aromatic heterocycles. The van der Waals surface area contributed by atoms with Gasteiger partial charge >= 0.3 is 0 Å². The standard InChI is InChI=1S/C15H12ClFN2O/c1-2-19-14-7-9(17)3-6-13(14)18-15(19)11-8-10(20)4-5-12(11)16/h3-8,20H,2H2,1H3. The normalized spacial score (nSPS) is 11.2. The molecule has 0 bridgehead atoms. The van der Waals surface area contributed by atoms with E-state index in [-0.39, 0.29) is 11.6 Å². The summed E-state index contributed by atoms with van der Waals surface area (Å²) in [5.41, 5.74) is 2.04. The van der Waals surface area contributed by atoms with Crippen LogP contribution < -0.4 is 0 Å². The maximum atomic E-state index is 13.4. The molecule has 0 unspecified atom stereocenters. The first-order valence-corrected chi connectivity index (χ1v) is 6.62. The predicted molar refractivity (Wildman–Crippen MR) is 77.5 cm³/mol. The Morgan fingerprint density at radius 1 is 1.25 bits per heavy atom. The lowest BCUT2D eigenvalue weighted by molar-refractivity contribution is 0.475. The van der Waals surface area contributed by atoms with Crippen LogP contribution in [-0.4, -0.2) is 14.7 Å². The molecular weight excluding hydrogens is 279 g/mol. The summed E-state index contributed by atoms with van der Waals surface area (Å²) < 4.78 is 15.3. The number of aryl methyl sites for hydroxylation is 1. The molecule has 3 nitrogen and oxygen atoms in total. The largest absolute Gasteiger partial charge is 0.508 e. The molecule has 102 valence electrons. The summed E-state index contributed by atoms with van der Waals surface area (Å²) in [5, 5.41) is 10.1. The Kier molecular flexibility index (Phi) is 3.10. The lowest BCUT2D eigenvalue weighted by Gasteiger charge is -2.08. The molecule has 0 amide bonds. The molecule has 0 saturated carbocycles. The summed E-state index contributed by atoms with van der Waals surface area (Å²) in [6, 6.07) is 9.16. The lowest BCUT2D eigenvalue weighted by atomic mass is 10.2. The third-order valence-corrected chi connectivity index (χ3v) is 3.55. The Hall–Kier alpha value is -2.07. The summed E-state index contributed by atoms with van der Waals surface area (Å²) in [6.45, 7) is 2.58. The Balaban J connectivity index is 2.33. The van der Waals surface area contributed by atoms with Gasteiger partial charge in [0.2, 0.25) is 0 Å². The minimum absolute atomic E-state index is 0.116. The highest BCUT2D eigenvalue weighted by atomic mass is 35.5. The molecule has 0 aliphatic heterocycles. The van der Waals surface area contributed by atoms with E-state index in [9.17, 15) is 9.50 Å². The number of hydrogen-bond donors (Lipinski definition) is 1.